The number of nitrogens with one attached hydrogen (secondary N) is 1. The highest BCUT2D eigenvalue weighted by atomic mass is 16.6. The summed E-state index contributed by atoms with van der Waals surface area (Å²) in [4.78, 5) is 27.5. The van der Waals surface area contributed by atoms with Crippen molar-refractivity contribution in [1.29, 1.82) is 0 Å². The summed E-state index contributed by atoms with van der Waals surface area (Å²) in [7, 11) is 0. The van der Waals surface area contributed by atoms with Crippen LogP contribution in [-0.4, -0.2) is 38.2 Å². The lowest BCUT2D eigenvalue weighted by atomic mass is 9.96. The van der Waals surface area contributed by atoms with Crippen molar-refractivity contribution < 1.29 is 14.9 Å². The maximum atomic E-state index is 11.8. The van der Waals surface area contributed by atoms with Gasteiger partial charge in [0.05, 0.1) is 12.5 Å². The molecule has 2 heterocycles. The molecule has 1 fully saturated rings. The number of aliphatic hydroxyl groups is 2. The molecule has 2 rings (SSSR count). The van der Waals surface area contributed by atoms with Crippen LogP contribution in [0.2, 0.25) is 0 Å². The molecule has 0 bridgehead atoms. The van der Waals surface area contributed by atoms with Gasteiger partial charge in [-0.15, -0.1) is 6.58 Å². The van der Waals surface area contributed by atoms with E-state index in [0.717, 1.165) is 10.6 Å². The molecule has 21 heavy (non-hydrogen) atoms. The molecule has 1 aliphatic rings. The Labute approximate surface area is 117 Å². The number of hydrogen-bond acceptors (Lipinski definition) is 6. The van der Waals surface area contributed by atoms with Crippen LogP contribution in [0.4, 0.5) is 0 Å². The van der Waals surface area contributed by atoms with Crippen LogP contribution in [0.25, 0.3) is 10.4 Å². The van der Waals surface area contributed by atoms with Crippen molar-refractivity contribution in [3.63, 3.8) is 0 Å². The predicted molar refractivity (Wildman–Crippen MR) is 70.1 cm³/mol. The van der Waals surface area contributed by atoms with Crippen LogP contribution in [-0.2, 0) is 4.74 Å². The Morgan fingerprint density at radius 3 is 2.90 bits per heavy atom. The number of azide groups is 1. The van der Waals surface area contributed by atoms with Crippen molar-refractivity contribution in [3.8, 4) is 0 Å². The van der Waals surface area contributed by atoms with E-state index in [9.17, 15) is 19.8 Å². The SMILES string of the molecule is C=C[C@@H]1[C@H](n2ccc(=O)[nH]c2=O)O[C@@](CO)(N=[N+]=[N-])[C@H]1O. The fraction of sp³-hybridized carbons (Fsp3) is 0.455. The quantitative estimate of drug-likeness (QED) is 0.288. The smallest absolute Gasteiger partial charge is 0.330 e. The first-order chi connectivity index (χ1) is 9.99. The first-order valence-corrected chi connectivity index (χ1v) is 5.96. The summed E-state index contributed by atoms with van der Waals surface area (Å²) >= 11 is 0. The lowest BCUT2D eigenvalue weighted by molar-refractivity contribution is -0.124. The summed E-state index contributed by atoms with van der Waals surface area (Å²) in [5, 5.41) is 22.9. The van der Waals surface area contributed by atoms with Gasteiger partial charge in [-0.05, 0) is 5.53 Å². The molecule has 1 saturated heterocycles. The van der Waals surface area contributed by atoms with E-state index in [0.29, 0.717) is 0 Å². The summed E-state index contributed by atoms with van der Waals surface area (Å²) in [6.45, 7) is 2.75. The van der Waals surface area contributed by atoms with Crippen LogP contribution in [0.5, 0.6) is 0 Å². The van der Waals surface area contributed by atoms with Gasteiger partial charge in [-0.3, -0.25) is 14.3 Å². The number of rotatable bonds is 4. The zero-order valence-corrected chi connectivity index (χ0v) is 10.8. The Hall–Kier alpha value is -2.39. The van der Waals surface area contributed by atoms with Crippen molar-refractivity contribution in [2.24, 2.45) is 11.0 Å². The van der Waals surface area contributed by atoms with Gasteiger partial charge in [0.2, 0.25) is 0 Å². The first-order valence-electron chi connectivity index (χ1n) is 5.96. The molecule has 0 radical (unpaired) electrons. The third kappa shape index (κ3) is 2.36. The van der Waals surface area contributed by atoms with E-state index in [-0.39, 0.29) is 0 Å². The van der Waals surface area contributed by atoms with Gasteiger partial charge in [-0.25, -0.2) is 4.79 Å². The van der Waals surface area contributed by atoms with E-state index >= 15 is 0 Å². The van der Waals surface area contributed by atoms with Gasteiger partial charge in [-0.1, -0.05) is 11.2 Å². The van der Waals surface area contributed by atoms with Crippen molar-refractivity contribution in [1.82, 2.24) is 9.55 Å². The lowest BCUT2D eigenvalue weighted by Crippen LogP contribution is -2.42. The second kappa shape index (κ2) is 5.54. The molecule has 0 amide bonds. The summed E-state index contributed by atoms with van der Waals surface area (Å²) in [6, 6.07) is 1.10. The van der Waals surface area contributed by atoms with Crippen LogP contribution in [0.3, 0.4) is 0 Å². The van der Waals surface area contributed by atoms with Gasteiger partial charge >= 0.3 is 5.69 Å². The second-order valence-corrected chi connectivity index (χ2v) is 4.48. The van der Waals surface area contributed by atoms with Gasteiger partial charge in [0.1, 0.15) is 12.3 Å². The number of ether oxygens (including phenoxy) is 1. The van der Waals surface area contributed by atoms with Crippen molar-refractivity contribution in [2.45, 2.75) is 18.1 Å². The molecule has 1 aromatic heterocycles. The van der Waals surface area contributed by atoms with E-state index in [1.807, 2.05) is 4.98 Å². The van der Waals surface area contributed by atoms with Gasteiger partial charge in [0.15, 0.2) is 5.72 Å². The lowest BCUT2D eigenvalue weighted by Gasteiger charge is -2.24. The first kappa shape index (κ1) is 15.0. The maximum Gasteiger partial charge on any atom is 0.330 e. The van der Waals surface area contributed by atoms with Gasteiger partial charge < -0.3 is 14.9 Å². The van der Waals surface area contributed by atoms with E-state index in [2.05, 4.69) is 16.6 Å². The zero-order chi connectivity index (χ0) is 15.6. The molecule has 0 unspecified atom stereocenters. The average molecular weight is 295 g/mol. The van der Waals surface area contributed by atoms with Gasteiger partial charge in [-0.2, -0.15) is 0 Å². The molecule has 1 aromatic rings. The number of aliphatic hydroxyl groups excluding tert-OH is 2. The minimum absolute atomic E-state index is 0.589. The van der Waals surface area contributed by atoms with E-state index in [4.69, 9.17) is 10.3 Å². The molecule has 3 N–H and O–H groups in total. The highest BCUT2D eigenvalue weighted by Crippen LogP contribution is 2.42. The highest BCUT2D eigenvalue weighted by Gasteiger charge is 2.54. The molecule has 0 spiro atoms. The number of aromatic amines is 1. The topological polar surface area (TPSA) is 153 Å². The molecule has 0 aromatic carbocycles. The Morgan fingerprint density at radius 1 is 1.67 bits per heavy atom. The fourth-order valence-corrected chi connectivity index (χ4v) is 2.25. The fourth-order valence-electron chi connectivity index (χ4n) is 2.25. The van der Waals surface area contributed by atoms with Crippen molar-refractivity contribution in [3.05, 3.63) is 56.2 Å². The van der Waals surface area contributed by atoms with Crippen LogP contribution in [0.15, 0.2) is 39.6 Å². The minimum atomic E-state index is -1.92. The normalized spacial score (nSPS) is 31.6. The summed E-state index contributed by atoms with van der Waals surface area (Å²) in [6.07, 6.45) is 0.00899. The average Bonchev–Trinajstić information content (AvgIpc) is 2.72. The Balaban J connectivity index is 2.54. The highest BCUT2D eigenvalue weighted by molar-refractivity contribution is 5.05. The standard InChI is InChI=1S/C11H13N5O5/c1-2-6-8(19)11(5-17,14-15-12)21-9(6)16-4-3-7(18)13-10(16)20/h2-4,6,8-9,17,19H,1,5H2,(H,13,18,20)/t6-,8-,9+,11+/m0/s1. The zero-order valence-electron chi connectivity index (χ0n) is 10.8. The number of hydrogen-bond donors (Lipinski definition) is 3. The van der Waals surface area contributed by atoms with E-state index in [1.165, 1.54) is 12.3 Å². The summed E-state index contributed by atoms with van der Waals surface area (Å²) in [5.74, 6) is -0.828. The largest absolute Gasteiger partial charge is 0.393 e. The van der Waals surface area contributed by atoms with Crippen LogP contribution < -0.4 is 11.2 Å². The van der Waals surface area contributed by atoms with E-state index < -0.39 is 41.8 Å². The number of nitrogens with zero attached hydrogens (tertiary/aromatic N) is 4. The van der Waals surface area contributed by atoms with Crippen molar-refractivity contribution >= 4 is 0 Å². The van der Waals surface area contributed by atoms with Crippen LogP contribution in [0.1, 0.15) is 6.23 Å². The maximum absolute atomic E-state index is 11.8. The number of aromatic nitrogens is 2. The summed E-state index contributed by atoms with van der Waals surface area (Å²) < 4.78 is 6.43. The third-order valence-corrected chi connectivity index (χ3v) is 3.32. The predicted octanol–water partition coefficient (Wildman–Crippen LogP) is -0.773. The Bertz CT molecular complexity index is 705. The van der Waals surface area contributed by atoms with Crippen molar-refractivity contribution in [2.75, 3.05) is 6.61 Å². The Morgan fingerprint density at radius 2 is 2.38 bits per heavy atom. The molecule has 10 heteroatoms. The van der Waals surface area contributed by atoms with Crippen LogP contribution in [0, 0.1) is 5.92 Å². The number of H-pyrrole nitrogens is 1. The second-order valence-electron chi connectivity index (χ2n) is 4.48. The van der Waals surface area contributed by atoms with Crippen LogP contribution >= 0.6 is 0 Å². The Kier molecular flexibility index (Phi) is 3.96. The molecular formula is C11H13N5O5. The molecule has 112 valence electrons. The molecular weight excluding hydrogens is 282 g/mol. The molecule has 1 aliphatic heterocycles. The van der Waals surface area contributed by atoms with E-state index in [1.54, 1.807) is 0 Å². The molecule has 0 saturated carbocycles. The monoisotopic (exact) mass is 295 g/mol. The third-order valence-electron chi connectivity index (χ3n) is 3.32. The molecule has 10 nitrogen and oxygen atoms in total. The van der Waals surface area contributed by atoms with Gasteiger partial charge in [0.25, 0.3) is 5.56 Å². The van der Waals surface area contributed by atoms with Gasteiger partial charge in [0, 0.05) is 17.2 Å². The molecule has 0 aliphatic carbocycles. The summed E-state index contributed by atoms with van der Waals surface area (Å²) in [5.41, 5.74) is 5.29. The minimum Gasteiger partial charge on any atom is -0.393 e. The molecule has 4 atom stereocenters.